The summed E-state index contributed by atoms with van der Waals surface area (Å²) in [6, 6.07) is 8.97. The summed E-state index contributed by atoms with van der Waals surface area (Å²) >= 11 is 0. The Hall–Kier alpha value is -1.08. The molecule has 8 atom stereocenters. The lowest BCUT2D eigenvalue weighted by molar-refractivity contribution is -0.0571. The molecule has 5 rings (SSSR count). The topological polar surface area (TPSA) is 20.2 Å². The fourth-order valence-electron chi connectivity index (χ4n) is 9.09. The van der Waals surface area contributed by atoms with Gasteiger partial charge in [-0.2, -0.15) is 0 Å². The summed E-state index contributed by atoms with van der Waals surface area (Å²) in [6.07, 6.45) is 15.3. The molecule has 1 N–H and O–H groups in total. The van der Waals surface area contributed by atoms with E-state index in [-0.39, 0.29) is 6.10 Å². The number of hydrogen-bond acceptors (Lipinski definition) is 1. The zero-order chi connectivity index (χ0) is 21.8. The molecule has 1 heteroatoms. The van der Waals surface area contributed by atoms with Gasteiger partial charge >= 0.3 is 0 Å². The Kier molecular flexibility index (Phi) is 5.65. The van der Waals surface area contributed by atoms with Crippen LogP contribution in [0, 0.1) is 47.3 Å². The molecule has 0 spiro atoms. The summed E-state index contributed by atoms with van der Waals surface area (Å²) < 4.78 is 0. The Labute approximate surface area is 190 Å². The smallest absolute Gasteiger partial charge is 0.0577 e. The number of aliphatic hydroxyl groups is 1. The monoisotopic (exact) mass is 420 g/mol. The highest BCUT2D eigenvalue weighted by molar-refractivity contribution is 5.26. The van der Waals surface area contributed by atoms with Gasteiger partial charge in [-0.3, -0.25) is 0 Å². The molecule has 1 nitrogen and oxygen atoms in total. The second kappa shape index (κ2) is 8.05. The van der Waals surface area contributed by atoms with Crippen molar-refractivity contribution >= 4 is 0 Å². The van der Waals surface area contributed by atoms with Gasteiger partial charge in [0.05, 0.1) is 6.10 Å². The first-order valence-electron chi connectivity index (χ1n) is 13.2. The maximum atomic E-state index is 10.3. The molecule has 4 aliphatic carbocycles. The molecular weight excluding hydrogens is 376 g/mol. The molecule has 170 valence electrons. The molecule has 31 heavy (non-hydrogen) atoms. The first-order chi connectivity index (χ1) is 14.8. The van der Waals surface area contributed by atoms with Crippen LogP contribution >= 0.6 is 0 Å². The molecule has 0 heterocycles. The van der Waals surface area contributed by atoms with Crippen molar-refractivity contribution in [1.82, 2.24) is 0 Å². The van der Waals surface area contributed by atoms with Crippen LogP contribution in [0.4, 0.5) is 0 Å². The summed E-state index contributed by atoms with van der Waals surface area (Å²) in [5.41, 5.74) is 5.54. The largest absolute Gasteiger partial charge is 0.393 e. The van der Waals surface area contributed by atoms with Gasteiger partial charge in [0, 0.05) is 0 Å². The number of aliphatic hydroxyl groups excluding tert-OH is 1. The summed E-state index contributed by atoms with van der Waals surface area (Å²) in [5.74, 6) is 4.38. The van der Waals surface area contributed by atoms with E-state index in [1.165, 1.54) is 56.9 Å². The molecule has 4 aliphatic rings. The Balaban J connectivity index is 1.31. The molecule has 0 aromatic heterocycles. The van der Waals surface area contributed by atoms with Crippen LogP contribution in [-0.2, 0) is 6.42 Å². The average Bonchev–Trinajstić information content (AvgIpc) is 3.11. The normalized spacial score (nSPS) is 42.9. The summed E-state index contributed by atoms with van der Waals surface area (Å²) in [6.45, 7) is 10.1. The van der Waals surface area contributed by atoms with Crippen molar-refractivity contribution in [3.05, 3.63) is 47.0 Å². The van der Waals surface area contributed by atoms with Gasteiger partial charge in [0.25, 0.3) is 0 Å². The van der Waals surface area contributed by atoms with Crippen molar-refractivity contribution < 1.29 is 5.11 Å². The van der Waals surface area contributed by atoms with Crippen LogP contribution in [0.3, 0.4) is 0 Å². The molecule has 1 aromatic carbocycles. The van der Waals surface area contributed by atoms with E-state index < -0.39 is 0 Å². The summed E-state index contributed by atoms with van der Waals surface area (Å²) in [5, 5.41) is 10.3. The highest BCUT2D eigenvalue weighted by Crippen LogP contribution is 2.67. The molecular formula is C30H44O. The van der Waals surface area contributed by atoms with Gasteiger partial charge in [-0.25, -0.2) is 0 Å². The summed E-state index contributed by atoms with van der Waals surface area (Å²) in [7, 11) is 0. The summed E-state index contributed by atoms with van der Waals surface area (Å²) in [4.78, 5) is 0. The molecule has 0 radical (unpaired) electrons. The van der Waals surface area contributed by atoms with Crippen molar-refractivity contribution in [2.24, 2.45) is 40.4 Å². The van der Waals surface area contributed by atoms with E-state index in [2.05, 4.69) is 58.0 Å². The molecule has 0 aliphatic heterocycles. The van der Waals surface area contributed by atoms with Crippen LogP contribution in [0.1, 0.15) is 89.7 Å². The van der Waals surface area contributed by atoms with E-state index >= 15 is 0 Å². The van der Waals surface area contributed by atoms with Crippen LogP contribution in [0.5, 0.6) is 0 Å². The number of rotatable bonds is 4. The minimum Gasteiger partial charge on any atom is -0.393 e. The van der Waals surface area contributed by atoms with Crippen molar-refractivity contribution in [1.29, 1.82) is 0 Å². The van der Waals surface area contributed by atoms with Gasteiger partial charge in [0.2, 0.25) is 0 Å². The Morgan fingerprint density at radius 3 is 2.65 bits per heavy atom. The molecule has 0 saturated heterocycles. The van der Waals surface area contributed by atoms with E-state index in [4.69, 9.17) is 0 Å². The molecule has 0 bridgehead atoms. The van der Waals surface area contributed by atoms with Crippen molar-refractivity contribution in [2.45, 2.75) is 98.0 Å². The van der Waals surface area contributed by atoms with E-state index in [9.17, 15) is 5.11 Å². The van der Waals surface area contributed by atoms with E-state index in [0.717, 1.165) is 42.4 Å². The maximum absolute atomic E-state index is 10.3. The third-order valence-electron chi connectivity index (χ3n) is 11.0. The van der Waals surface area contributed by atoms with Gasteiger partial charge in [-0.1, -0.05) is 56.7 Å². The predicted octanol–water partition coefficient (Wildman–Crippen LogP) is 7.50. The lowest BCUT2D eigenvalue weighted by Crippen LogP contribution is -2.50. The fourth-order valence-corrected chi connectivity index (χ4v) is 9.09. The molecule has 0 amide bonds. The number of aryl methyl sites for hydroxylation is 2. The Morgan fingerprint density at radius 1 is 1.03 bits per heavy atom. The first-order valence-corrected chi connectivity index (χ1v) is 13.2. The van der Waals surface area contributed by atoms with Crippen LogP contribution in [0.25, 0.3) is 0 Å². The Bertz CT molecular complexity index is 839. The van der Waals surface area contributed by atoms with Gasteiger partial charge in [-0.15, -0.1) is 0 Å². The third kappa shape index (κ3) is 3.54. The molecule has 3 fully saturated rings. The van der Waals surface area contributed by atoms with Crippen LogP contribution < -0.4 is 0 Å². The standard InChI is InChI=1S/C30H44O/c1-20-7-5-6-8-22(20)10-9-21(2)26-13-14-27-25-12-11-23-19-24(31)15-17-29(23,3)28(25)16-18-30(26,27)4/h5-8,11,21,24-28,31H,9-10,12-19H2,1-4H3/t21-,24+,25+,26-,27+,28+,29+,30-/m1/s1. The minimum atomic E-state index is -0.0882. The van der Waals surface area contributed by atoms with Gasteiger partial charge < -0.3 is 5.11 Å². The fraction of sp³-hybridized carbons (Fsp3) is 0.733. The highest BCUT2D eigenvalue weighted by Gasteiger charge is 2.59. The molecule has 1 aromatic rings. The zero-order valence-electron chi connectivity index (χ0n) is 20.4. The van der Waals surface area contributed by atoms with Gasteiger partial charge in [-0.05, 0) is 123 Å². The minimum absolute atomic E-state index is 0.0882. The second-order valence-electron chi connectivity index (χ2n) is 12.3. The second-order valence-corrected chi connectivity index (χ2v) is 12.3. The number of fused-ring (bicyclic) bond motifs is 5. The Morgan fingerprint density at radius 2 is 1.84 bits per heavy atom. The lowest BCUT2D eigenvalue weighted by Gasteiger charge is -2.58. The quantitative estimate of drug-likeness (QED) is 0.500. The highest BCUT2D eigenvalue weighted by atomic mass is 16.3. The predicted molar refractivity (Wildman–Crippen MR) is 130 cm³/mol. The van der Waals surface area contributed by atoms with Crippen LogP contribution in [-0.4, -0.2) is 11.2 Å². The van der Waals surface area contributed by atoms with Gasteiger partial charge in [0.1, 0.15) is 0 Å². The SMILES string of the molecule is Cc1ccccc1CC[C@@H](C)[C@H]1CC[C@H]2[C@@H]3CC=C4C[C@@H](O)CC[C@]4(C)[C@H]3CC[C@]12C. The molecule has 3 saturated carbocycles. The first kappa shape index (κ1) is 21.7. The van der Waals surface area contributed by atoms with Crippen LogP contribution in [0.15, 0.2) is 35.9 Å². The zero-order valence-corrected chi connectivity index (χ0v) is 20.4. The maximum Gasteiger partial charge on any atom is 0.0577 e. The lowest BCUT2D eigenvalue weighted by atomic mass is 9.47. The van der Waals surface area contributed by atoms with Gasteiger partial charge in [0.15, 0.2) is 0 Å². The van der Waals surface area contributed by atoms with Crippen molar-refractivity contribution in [2.75, 3.05) is 0 Å². The number of benzene rings is 1. The number of allylic oxidation sites excluding steroid dienone is 1. The van der Waals surface area contributed by atoms with Crippen molar-refractivity contribution in [3.63, 3.8) is 0 Å². The van der Waals surface area contributed by atoms with Crippen LogP contribution in [0.2, 0.25) is 0 Å². The third-order valence-corrected chi connectivity index (χ3v) is 11.0. The van der Waals surface area contributed by atoms with Crippen molar-refractivity contribution in [3.8, 4) is 0 Å². The average molecular weight is 421 g/mol. The van der Waals surface area contributed by atoms with E-state index in [1.54, 1.807) is 11.1 Å². The molecule has 0 unspecified atom stereocenters. The number of hydrogen-bond donors (Lipinski definition) is 1. The van der Waals surface area contributed by atoms with E-state index in [0.29, 0.717) is 10.8 Å². The van der Waals surface area contributed by atoms with E-state index in [1.807, 2.05) is 0 Å².